The zero-order valence-electron chi connectivity index (χ0n) is 11.6. The Bertz CT molecular complexity index is 375. The van der Waals surface area contributed by atoms with Gasteiger partial charge in [-0.3, -0.25) is 14.5 Å². The molecular formula is C15H23NO2S. The van der Waals surface area contributed by atoms with Gasteiger partial charge >= 0.3 is 0 Å². The molecule has 2 aliphatic carbocycles. The van der Waals surface area contributed by atoms with Crippen molar-refractivity contribution in [2.45, 2.75) is 45.4 Å². The Kier molecular flexibility index (Phi) is 3.40. The molecule has 0 aromatic heterocycles. The standard InChI is InChI=1S/C15H23NO2S/c1-2-10-6-11-12(7-10)14(18)16(13(11)17)8-15(9-19)4-3-5-15/h10-12,19H,2-9H2,1H3. The average Bonchev–Trinajstić information content (AvgIpc) is 2.88. The smallest absolute Gasteiger partial charge is 0.233 e. The van der Waals surface area contributed by atoms with E-state index in [9.17, 15) is 9.59 Å². The zero-order chi connectivity index (χ0) is 13.6. The molecule has 106 valence electrons. The highest BCUT2D eigenvalue weighted by Crippen LogP contribution is 2.48. The minimum absolute atomic E-state index is 0.00510. The van der Waals surface area contributed by atoms with E-state index in [-0.39, 0.29) is 29.1 Å². The molecular weight excluding hydrogens is 258 g/mol. The number of likely N-dealkylation sites (tertiary alicyclic amines) is 1. The summed E-state index contributed by atoms with van der Waals surface area (Å²) in [6.45, 7) is 2.78. The van der Waals surface area contributed by atoms with E-state index in [0.29, 0.717) is 12.5 Å². The molecule has 1 aliphatic heterocycles. The first-order valence-electron chi connectivity index (χ1n) is 7.56. The van der Waals surface area contributed by atoms with Gasteiger partial charge in [-0.15, -0.1) is 0 Å². The molecule has 1 heterocycles. The van der Waals surface area contributed by atoms with Gasteiger partial charge in [-0.25, -0.2) is 0 Å². The van der Waals surface area contributed by atoms with Gasteiger partial charge in [0.15, 0.2) is 0 Å². The number of hydrogen-bond donors (Lipinski definition) is 1. The fourth-order valence-corrected chi connectivity index (χ4v) is 4.48. The number of amides is 2. The predicted octanol–water partition coefficient (Wildman–Crippen LogP) is 2.51. The maximum absolute atomic E-state index is 12.5. The molecule has 4 heteroatoms. The lowest BCUT2D eigenvalue weighted by atomic mass is 9.70. The third kappa shape index (κ3) is 2.03. The molecule has 0 aromatic carbocycles. The summed E-state index contributed by atoms with van der Waals surface area (Å²) in [5.74, 6) is 1.58. The van der Waals surface area contributed by atoms with E-state index in [1.165, 1.54) is 6.42 Å². The Hall–Kier alpha value is -0.510. The lowest BCUT2D eigenvalue weighted by Gasteiger charge is -2.43. The van der Waals surface area contributed by atoms with Crippen LogP contribution in [0, 0.1) is 23.2 Å². The SMILES string of the molecule is CCC1CC2C(=O)N(CC3(CS)CCC3)C(=O)C2C1. The Labute approximate surface area is 120 Å². The largest absolute Gasteiger partial charge is 0.282 e. The van der Waals surface area contributed by atoms with Crippen LogP contribution in [-0.2, 0) is 9.59 Å². The van der Waals surface area contributed by atoms with E-state index in [0.717, 1.165) is 37.9 Å². The quantitative estimate of drug-likeness (QED) is 0.635. The number of hydrogen-bond acceptors (Lipinski definition) is 3. The third-order valence-electron chi connectivity index (χ3n) is 5.65. The summed E-state index contributed by atoms with van der Waals surface area (Å²) in [5, 5.41) is 0. The van der Waals surface area contributed by atoms with Crippen LogP contribution in [0.3, 0.4) is 0 Å². The molecule has 3 nitrogen and oxygen atoms in total. The van der Waals surface area contributed by atoms with Crippen molar-refractivity contribution in [1.29, 1.82) is 0 Å². The molecule has 0 radical (unpaired) electrons. The van der Waals surface area contributed by atoms with Crippen molar-refractivity contribution < 1.29 is 9.59 Å². The summed E-state index contributed by atoms with van der Waals surface area (Å²) < 4.78 is 0. The number of fused-ring (bicyclic) bond motifs is 1. The molecule has 2 unspecified atom stereocenters. The van der Waals surface area contributed by atoms with Crippen LogP contribution in [0.5, 0.6) is 0 Å². The lowest BCUT2D eigenvalue weighted by molar-refractivity contribution is -0.143. The van der Waals surface area contributed by atoms with E-state index in [1.807, 2.05) is 0 Å². The zero-order valence-corrected chi connectivity index (χ0v) is 12.5. The van der Waals surface area contributed by atoms with Crippen LogP contribution in [0.25, 0.3) is 0 Å². The summed E-state index contributed by atoms with van der Waals surface area (Å²) >= 11 is 4.43. The second-order valence-corrected chi connectivity index (χ2v) is 7.05. The van der Waals surface area contributed by atoms with Gasteiger partial charge in [0.05, 0.1) is 11.8 Å². The Morgan fingerprint density at radius 1 is 1.21 bits per heavy atom. The van der Waals surface area contributed by atoms with Crippen molar-refractivity contribution in [3.63, 3.8) is 0 Å². The molecule has 0 spiro atoms. The van der Waals surface area contributed by atoms with Gasteiger partial charge in [0.1, 0.15) is 0 Å². The summed E-state index contributed by atoms with van der Waals surface area (Å²) in [5.41, 5.74) is 0.122. The van der Waals surface area contributed by atoms with Gasteiger partial charge < -0.3 is 0 Å². The summed E-state index contributed by atoms with van der Waals surface area (Å²) in [6, 6.07) is 0. The van der Waals surface area contributed by atoms with Crippen molar-refractivity contribution in [2.75, 3.05) is 12.3 Å². The third-order valence-corrected chi connectivity index (χ3v) is 6.32. The number of imide groups is 1. The minimum atomic E-state index is -0.00510. The first kappa shape index (κ1) is 13.5. The van der Waals surface area contributed by atoms with Crippen LogP contribution >= 0.6 is 12.6 Å². The molecule has 3 rings (SSSR count). The fourth-order valence-electron chi connectivity index (χ4n) is 4.07. The van der Waals surface area contributed by atoms with Gasteiger partial charge in [-0.1, -0.05) is 19.8 Å². The second kappa shape index (κ2) is 4.80. The highest BCUT2D eigenvalue weighted by molar-refractivity contribution is 7.80. The number of rotatable bonds is 4. The van der Waals surface area contributed by atoms with Crippen LogP contribution in [0.4, 0.5) is 0 Å². The molecule has 2 amide bonds. The average molecular weight is 281 g/mol. The number of carbonyl (C=O) groups is 2. The Morgan fingerprint density at radius 2 is 1.79 bits per heavy atom. The van der Waals surface area contributed by atoms with E-state index in [1.54, 1.807) is 4.90 Å². The maximum Gasteiger partial charge on any atom is 0.233 e. The Balaban J connectivity index is 1.72. The van der Waals surface area contributed by atoms with Gasteiger partial charge in [0.25, 0.3) is 0 Å². The molecule has 0 N–H and O–H groups in total. The number of carbonyl (C=O) groups excluding carboxylic acids is 2. The van der Waals surface area contributed by atoms with Gasteiger partial charge in [-0.05, 0) is 42.8 Å². The van der Waals surface area contributed by atoms with Crippen molar-refractivity contribution in [1.82, 2.24) is 4.90 Å². The molecule has 0 aromatic rings. The molecule has 19 heavy (non-hydrogen) atoms. The molecule has 3 fully saturated rings. The van der Waals surface area contributed by atoms with Crippen LogP contribution in [0.2, 0.25) is 0 Å². The van der Waals surface area contributed by atoms with E-state index in [2.05, 4.69) is 19.6 Å². The van der Waals surface area contributed by atoms with Crippen molar-refractivity contribution in [3.8, 4) is 0 Å². The molecule has 2 saturated carbocycles. The summed E-state index contributed by atoms with van der Waals surface area (Å²) in [4.78, 5) is 26.5. The predicted molar refractivity (Wildman–Crippen MR) is 76.9 cm³/mol. The van der Waals surface area contributed by atoms with E-state index >= 15 is 0 Å². The second-order valence-electron chi connectivity index (χ2n) is 6.73. The summed E-state index contributed by atoms with van der Waals surface area (Å²) in [7, 11) is 0. The first-order chi connectivity index (χ1) is 9.10. The molecule has 3 aliphatic rings. The van der Waals surface area contributed by atoms with Crippen molar-refractivity contribution in [3.05, 3.63) is 0 Å². The molecule has 2 atom stereocenters. The van der Waals surface area contributed by atoms with E-state index < -0.39 is 0 Å². The van der Waals surface area contributed by atoms with Crippen molar-refractivity contribution in [2.24, 2.45) is 23.2 Å². The van der Waals surface area contributed by atoms with Crippen LogP contribution in [0.1, 0.15) is 45.4 Å². The Morgan fingerprint density at radius 3 is 2.16 bits per heavy atom. The normalized spacial score (nSPS) is 36.5. The van der Waals surface area contributed by atoms with E-state index in [4.69, 9.17) is 0 Å². The monoisotopic (exact) mass is 281 g/mol. The van der Waals surface area contributed by atoms with Gasteiger partial charge in [-0.2, -0.15) is 12.6 Å². The number of thiol groups is 1. The highest BCUT2D eigenvalue weighted by Gasteiger charge is 2.54. The maximum atomic E-state index is 12.5. The highest BCUT2D eigenvalue weighted by atomic mass is 32.1. The van der Waals surface area contributed by atoms with Crippen molar-refractivity contribution >= 4 is 24.4 Å². The van der Waals surface area contributed by atoms with Crippen LogP contribution < -0.4 is 0 Å². The number of nitrogens with zero attached hydrogens (tertiary/aromatic N) is 1. The summed E-state index contributed by atoms with van der Waals surface area (Å²) in [6.07, 6.45) is 6.38. The van der Waals surface area contributed by atoms with Gasteiger partial charge in [0.2, 0.25) is 11.8 Å². The fraction of sp³-hybridized carbons (Fsp3) is 0.867. The van der Waals surface area contributed by atoms with Crippen LogP contribution in [-0.4, -0.2) is 29.0 Å². The lowest BCUT2D eigenvalue weighted by Crippen LogP contribution is -2.46. The topological polar surface area (TPSA) is 37.4 Å². The molecule has 1 saturated heterocycles. The minimum Gasteiger partial charge on any atom is -0.282 e. The van der Waals surface area contributed by atoms with Crippen LogP contribution in [0.15, 0.2) is 0 Å². The first-order valence-corrected chi connectivity index (χ1v) is 8.19. The van der Waals surface area contributed by atoms with Gasteiger partial charge in [0, 0.05) is 6.54 Å². The molecule has 0 bridgehead atoms.